The number of amides is 2. The Bertz CT molecular complexity index is 1520. The van der Waals surface area contributed by atoms with Crippen LogP contribution in [0.15, 0.2) is 53.6 Å². The average Bonchev–Trinajstić information content (AvgIpc) is 2.95. The zero-order valence-corrected chi connectivity index (χ0v) is 23.9. The largest absolute Gasteiger partial charge is 0.489 e. The van der Waals surface area contributed by atoms with Crippen LogP contribution in [0.25, 0.3) is 11.3 Å². The highest BCUT2D eigenvalue weighted by atomic mass is 32.2. The van der Waals surface area contributed by atoms with E-state index in [-0.39, 0.29) is 55.2 Å². The maximum absolute atomic E-state index is 13.3. The molecule has 0 aliphatic carbocycles. The lowest BCUT2D eigenvalue weighted by Crippen LogP contribution is -2.40. The van der Waals surface area contributed by atoms with Crippen molar-refractivity contribution in [2.75, 3.05) is 65.1 Å². The number of ether oxygens (including phenoxy) is 2. The van der Waals surface area contributed by atoms with Gasteiger partial charge < -0.3 is 30.7 Å². The quantitative estimate of drug-likeness (QED) is 0.373. The first-order valence-corrected chi connectivity index (χ1v) is 14.3. The Morgan fingerprint density at radius 1 is 1.07 bits per heavy atom. The van der Waals surface area contributed by atoms with E-state index in [0.29, 0.717) is 29.2 Å². The Morgan fingerprint density at radius 2 is 1.83 bits per heavy atom. The van der Waals surface area contributed by atoms with Gasteiger partial charge in [0.2, 0.25) is 15.9 Å². The average molecular weight is 584 g/mol. The first kappa shape index (κ1) is 29.9. The van der Waals surface area contributed by atoms with E-state index in [9.17, 15) is 18.0 Å². The molecule has 0 saturated carbocycles. The van der Waals surface area contributed by atoms with E-state index in [1.165, 1.54) is 30.3 Å². The number of hydrogen-bond acceptors (Lipinski definition) is 10. The normalized spacial score (nSPS) is 17.1. The van der Waals surface area contributed by atoms with Crippen LogP contribution >= 0.6 is 0 Å². The van der Waals surface area contributed by atoms with Crippen LogP contribution in [0.5, 0.6) is 5.75 Å². The molecule has 5 rings (SSSR count). The maximum Gasteiger partial charge on any atom is 0.278 e. The maximum atomic E-state index is 13.3. The molecule has 2 aliphatic rings. The molecule has 4 bridgehead atoms. The van der Waals surface area contributed by atoms with E-state index in [4.69, 9.17) is 15.2 Å². The van der Waals surface area contributed by atoms with E-state index >= 15 is 0 Å². The second kappa shape index (κ2) is 13.0. The number of carbonyl (C=O) groups excluding carboxylic acids is 2. The smallest absolute Gasteiger partial charge is 0.278 e. The number of rotatable bonds is 2. The number of benzene rings is 2. The summed E-state index contributed by atoms with van der Waals surface area (Å²) in [5.74, 6) is -0.565. The fourth-order valence-electron chi connectivity index (χ4n) is 4.07. The van der Waals surface area contributed by atoms with Gasteiger partial charge in [-0.2, -0.15) is 4.31 Å². The number of likely N-dealkylation sites (N-methyl/N-ethyl adjacent to an activating group) is 2. The number of para-hydroxylation sites is 1. The Labute approximate surface area is 238 Å². The molecular formula is C27H33N7O6S. The van der Waals surface area contributed by atoms with Crippen molar-refractivity contribution in [1.82, 2.24) is 24.5 Å². The molecule has 0 fully saturated rings. The SMILES string of the molecule is CNCc1cccc2c1OCCOCCN(C)C(=O)CN(C)S(=O)(=O)c1ccc(cc1)-c1cnc(N)c(n1)C(=O)N2. The predicted octanol–water partition coefficient (Wildman–Crippen LogP) is 1.19. The number of anilines is 2. The van der Waals surface area contributed by atoms with Gasteiger partial charge in [0.1, 0.15) is 12.4 Å². The number of nitrogens with two attached hydrogens (primary N) is 1. The molecule has 13 nitrogen and oxygen atoms in total. The van der Waals surface area contributed by atoms with Gasteiger partial charge in [-0.15, -0.1) is 0 Å². The molecule has 218 valence electrons. The number of nitrogens with one attached hydrogen (secondary N) is 2. The van der Waals surface area contributed by atoms with Crippen LogP contribution in [0.2, 0.25) is 0 Å². The first-order chi connectivity index (χ1) is 19.6. The second-order valence-electron chi connectivity index (χ2n) is 9.33. The standard InChI is InChI=1S/C27H33N7O6S/c1-29-15-19-5-4-6-21-25(19)40-14-13-39-12-11-33(2)23(35)17-34(3)41(37,38)20-9-7-18(8-10-20)22-16-30-26(28)24(31-22)27(36)32-21/h4-10,16,29H,11-15,17H2,1-3H3,(H2,28,30)(H,32,36). The van der Waals surface area contributed by atoms with Crippen molar-refractivity contribution in [2.24, 2.45) is 0 Å². The summed E-state index contributed by atoms with van der Waals surface area (Å²) in [7, 11) is 0.785. The second-order valence-corrected chi connectivity index (χ2v) is 11.4. The van der Waals surface area contributed by atoms with Gasteiger partial charge in [-0.3, -0.25) is 9.59 Å². The van der Waals surface area contributed by atoms with E-state index in [1.807, 2.05) is 6.07 Å². The molecule has 41 heavy (non-hydrogen) atoms. The van der Waals surface area contributed by atoms with E-state index in [1.54, 1.807) is 38.4 Å². The fraction of sp³-hybridized carbons (Fsp3) is 0.333. The van der Waals surface area contributed by atoms with Gasteiger partial charge in [-0.25, -0.2) is 18.4 Å². The van der Waals surface area contributed by atoms with Crippen LogP contribution in [0.4, 0.5) is 11.5 Å². The lowest BCUT2D eigenvalue weighted by Gasteiger charge is -2.22. The highest BCUT2D eigenvalue weighted by Gasteiger charge is 2.25. The van der Waals surface area contributed by atoms with Crippen molar-refractivity contribution < 1.29 is 27.5 Å². The van der Waals surface area contributed by atoms with Crippen LogP contribution in [-0.4, -0.2) is 93.5 Å². The number of aromatic nitrogens is 2. The third-order valence-electron chi connectivity index (χ3n) is 6.41. The van der Waals surface area contributed by atoms with Crippen LogP contribution in [0.1, 0.15) is 16.1 Å². The zero-order chi connectivity index (χ0) is 29.6. The molecule has 3 heterocycles. The molecule has 2 aromatic carbocycles. The highest BCUT2D eigenvalue weighted by molar-refractivity contribution is 7.89. The van der Waals surface area contributed by atoms with Gasteiger partial charge in [0.15, 0.2) is 11.5 Å². The third-order valence-corrected chi connectivity index (χ3v) is 8.23. The molecule has 4 N–H and O–H groups in total. The van der Waals surface area contributed by atoms with Gasteiger partial charge in [0, 0.05) is 38.3 Å². The minimum atomic E-state index is -3.95. The lowest BCUT2D eigenvalue weighted by atomic mass is 10.1. The molecule has 14 heteroatoms. The Hall–Kier alpha value is -4.11. The number of hydrogen-bond donors (Lipinski definition) is 3. The Kier molecular flexibility index (Phi) is 9.50. The molecule has 0 radical (unpaired) electrons. The first-order valence-electron chi connectivity index (χ1n) is 12.8. The molecular weight excluding hydrogens is 550 g/mol. The summed E-state index contributed by atoms with van der Waals surface area (Å²) < 4.78 is 38.8. The van der Waals surface area contributed by atoms with E-state index in [2.05, 4.69) is 20.6 Å². The van der Waals surface area contributed by atoms with Crippen molar-refractivity contribution in [1.29, 1.82) is 0 Å². The van der Waals surface area contributed by atoms with Crippen LogP contribution in [0.3, 0.4) is 0 Å². The van der Waals surface area contributed by atoms with Gasteiger partial charge in [0.05, 0.1) is 42.2 Å². The molecule has 2 amide bonds. The monoisotopic (exact) mass is 583 g/mol. The highest BCUT2D eigenvalue weighted by Crippen LogP contribution is 2.30. The topological polar surface area (TPSA) is 169 Å². The summed E-state index contributed by atoms with van der Waals surface area (Å²) in [4.78, 5) is 35.9. The number of carbonyl (C=O) groups is 2. The van der Waals surface area contributed by atoms with Crippen LogP contribution < -0.4 is 21.1 Å². The fourth-order valence-corrected chi connectivity index (χ4v) is 5.19. The summed E-state index contributed by atoms with van der Waals surface area (Å²) in [5.41, 5.74) is 7.98. The third kappa shape index (κ3) is 6.97. The Morgan fingerprint density at radius 3 is 2.56 bits per heavy atom. The summed E-state index contributed by atoms with van der Waals surface area (Å²) in [5, 5.41) is 5.90. The molecule has 0 unspecified atom stereocenters. The Balaban J connectivity index is 1.71. The minimum absolute atomic E-state index is 0.0000268. The number of fused-ring (bicyclic) bond motifs is 13. The zero-order valence-electron chi connectivity index (χ0n) is 23.1. The molecule has 0 atom stereocenters. The molecule has 0 saturated heterocycles. The van der Waals surface area contributed by atoms with Gasteiger partial charge in [-0.05, 0) is 25.2 Å². The number of sulfonamides is 1. The van der Waals surface area contributed by atoms with Crippen molar-refractivity contribution in [2.45, 2.75) is 11.4 Å². The molecule has 1 aromatic heterocycles. The summed E-state index contributed by atoms with van der Waals surface area (Å²) in [6.07, 6.45) is 1.40. The summed E-state index contributed by atoms with van der Waals surface area (Å²) in [6.45, 7) is 1.03. The number of nitrogens with zero attached hydrogens (tertiary/aromatic N) is 4. The predicted molar refractivity (Wildman–Crippen MR) is 153 cm³/mol. The van der Waals surface area contributed by atoms with Crippen molar-refractivity contribution >= 4 is 33.3 Å². The van der Waals surface area contributed by atoms with Gasteiger partial charge in [0.25, 0.3) is 5.91 Å². The minimum Gasteiger partial charge on any atom is -0.489 e. The van der Waals surface area contributed by atoms with Crippen molar-refractivity contribution in [3.8, 4) is 17.0 Å². The van der Waals surface area contributed by atoms with Gasteiger partial charge >= 0.3 is 0 Å². The molecule has 2 aliphatic heterocycles. The van der Waals surface area contributed by atoms with E-state index in [0.717, 1.165) is 9.87 Å². The summed E-state index contributed by atoms with van der Waals surface area (Å²) in [6, 6.07) is 11.3. The molecule has 3 aromatic rings. The van der Waals surface area contributed by atoms with Crippen molar-refractivity contribution in [3.05, 3.63) is 59.9 Å². The lowest BCUT2D eigenvalue weighted by molar-refractivity contribution is -0.130. The van der Waals surface area contributed by atoms with E-state index < -0.39 is 15.9 Å². The van der Waals surface area contributed by atoms with Crippen LogP contribution in [-0.2, 0) is 26.1 Å². The van der Waals surface area contributed by atoms with Crippen LogP contribution in [0, 0.1) is 0 Å². The summed E-state index contributed by atoms with van der Waals surface area (Å²) >= 11 is 0. The number of nitrogen functional groups attached to an aromatic ring is 1. The van der Waals surface area contributed by atoms with Crippen molar-refractivity contribution in [3.63, 3.8) is 0 Å². The van der Waals surface area contributed by atoms with Gasteiger partial charge in [-0.1, -0.05) is 24.3 Å². The molecule has 0 spiro atoms.